The van der Waals surface area contributed by atoms with Gasteiger partial charge in [0.15, 0.2) is 5.75 Å². The van der Waals surface area contributed by atoms with Crippen molar-refractivity contribution >= 4 is 23.0 Å². The van der Waals surface area contributed by atoms with Gasteiger partial charge in [0, 0.05) is 0 Å². The second kappa shape index (κ2) is 3.89. The Morgan fingerprint density at radius 3 is 2.83 bits per heavy atom. The first kappa shape index (κ1) is 9.51. The molecule has 0 aliphatic rings. The zero-order chi connectivity index (χ0) is 9.14. The SMILES string of the molecule is Cc1ccc(Cl)c(OS(=O)O)c1. The van der Waals surface area contributed by atoms with E-state index in [9.17, 15) is 4.21 Å². The number of aryl methyl sites for hydroxylation is 1. The molecule has 12 heavy (non-hydrogen) atoms. The Morgan fingerprint density at radius 1 is 1.58 bits per heavy atom. The zero-order valence-electron chi connectivity index (χ0n) is 6.28. The highest BCUT2D eigenvalue weighted by Gasteiger charge is 2.03. The van der Waals surface area contributed by atoms with E-state index in [4.69, 9.17) is 16.2 Å². The average Bonchev–Trinajstić information content (AvgIpc) is 1.96. The molecular formula is C7H7ClO3S. The van der Waals surface area contributed by atoms with E-state index in [1.54, 1.807) is 18.2 Å². The largest absolute Gasteiger partial charge is 0.379 e. The van der Waals surface area contributed by atoms with Crippen LogP contribution in [-0.4, -0.2) is 8.76 Å². The smallest absolute Gasteiger partial charge is 0.357 e. The van der Waals surface area contributed by atoms with E-state index in [1.165, 1.54) is 0 Å². The minimum atomic E-state index is -2.32. The third kappa shape index (κ3) is 2.48. The van der Waals surface area contributed by atoms with Gasteiger partial charge in [-0.05, 0) is 24.6 Å². The average molecular weight is 207 g/mol. The summed E-state index contributed by atoms with van der Waals surface area (Å²) in [6.07, 6.45) is 0. The van der Waals surface area contributed by atoms with Crippen LogP contribution >= 0.6 is 11.6 Å². The number of rotatable bonds is 2. The minimum Gasteiger partial charge on any atom is -0.379 e. The standard InChI is InChI=1S/C7H7ClO3S/c1-5-2-3-6(8)7(4-5)11-12(9)10/h2-4H,1H3,(H,9,10). The summed E-state index contributed by atoms with van der Waals surface area (Å²) in [5.41, 5.74) is 0.917. The van der Waals surface area contributed by atoms with Crippen LogP contribution in [-0.2, 0) is 11.4 Å². The van der Waals surface area contributed by atoms with Crippen molar-refractivity contribution in [1.82, 2.24) is 0 Å². The molecule has 0 saturated carbocycles. The second-order valence-corrected chi connectivity index (χ2v) is 3.24. The van der Waals surface area contributed by atoms with Crippen LogP contribution in [0.2, 0.25) is 5.02 Å². The highest BCUT2D eigenvalue weighted by atomic mass is 35.5. The van der Waals surface area contributed by atoms with Crippen LogP contribution < -0.4 is 4.18 Å². The first-order valence-corrected chi connectivity index (χ1v) is 4.56. The van der Waals surface area contributed by atoms with Gasteiger partial charge in [-0.1, -0.05) is 17.7 Å². The van der Waals surface area contributed by atoms with Crippen molar-refractivity contribution in [3.63, 3.8) is 0 Å². The summed E-state index contributed by atoms with van der Waals surface area (Å²) in [5.74, 6) is 0.220. The van der Waals surface area contributed by atoms with Crippen molar-refractivity contribution in [2.24, 2.45) is 0 Å². The molecule has 1 unspecified atom stereocenters. The van der Waals surface area contributed by atoms with Gasteiger partial charge >= 0.3 is 11.4 Å². The molecule has 3 nitrogen and oxygen atoms in total. The Hall–Kier alpha value is -0.580. The molecule has 5 heteroatoms. The van der Waals surface area contributed by atoms with Crippen LogP contribution in [0.5, 0.6) is 5.75 Å². The van der Waals surface area contributed by atoms with E-state index in [-0.39, 0.29) is 5.75 Å². The predicted octanol–water partition coefficient (Wildman–Crippen LogP) is 2.16. The van der Waals surface area contributed by atoms with E-state index in [0.717, 1.165) is 5.56 Å². The quantitative estimate of drug-likeness (QED) is 0.755. The van der Waals surface area contributed by atoms with Crippen LogP contribution in [0.3, 0.4) is 0 Å². The van der Waals surface area contributed by atoms with Crippen molar-refractivity contribution in [2.75, 3.05) is 0 Å². The van der Waals surface area contributed by atoms with E-state index in [0.29, 0.717) is 5.02 Å². The summed E-state index contributed by atoms with van der Waals surface area (Å²) in [4.78, 5) is 0. The molecule has 1 atom stereocenters. The van der Waals surface area contributed by atoms with Crippen LogP contribution in [0.15, 0.2) is 18.2 Å². The number of benzene rings is 1. The Kier molecular flexibility index (Phi) is 3.08. The van der Waals surface area contributed by atoms with Crippen molar-refractivity contribution in [1.29, 1.82) is 0 Å². The van der Waals surface area contributed by atoms with Gasteiger partial charge in [0.2, 0.25) is 0 Å². The maximum atomic E-state index is 10.3. The summed E-state index contributed by atoms with van der Waals surface area (Å²) in [5, 5.41) is 0.322. The molecule has 0 radical (unpaired) electrons. The topological polar surface area (TPSA) is 46.5 Å². The van der Waals surface area contributed by atoms with Gasteiger partial charge in [-0.15, -0.1) is 0 Å². The van der Waals surface area contributed by atoms with Gasteiger partial charge in [-0.3, -0.25) is 4.55 Å². The first-order chi connectivity index (χ1) is 5.59. The molecule has 66 valence electrons. The first-order valence-electron chi connectivity index (χ1n) is 3.15. The van der Waals surface area contributed by atoms with Gasteiger partial charge in [-0.2, -0.15) is 4.21 Å². The zero-order valence-corrected chi connectivity index (χ0v) is 7.85. The van der Waals surface area contributed by atoms with Crippen LogP contribution in [0.25, 0.3) is 0 Å². The van der Waals surface area contributed by atoms with Crippen molar-refractivity contribution in [3.8, 4) is 5.75 Å². The molecule has 0 aliphatic heterocycles. The molecule has 0 fully saturated rings. The monoisotopic (exact) mass is 206 g/mol. The highest BCUT2D eigenvalue weighted by Crippen LogP contribution is 2.25. The highest BCUT2D eigenvalue weighted by molar-refractivity contribution is 7.74. The van der Waals surface area contributed by atoms with E-state index in [2.05, 4.69) is 4.18 Å². The lowest BCUT2D eigenvalue weighted by molar-refractivity contribution is 0.458. The van der Waals surface area contributed by atoms with Crippen LogP contribution in [0, 0.1) is 6.92 Å². The molecule has 1 rings (SSSR count). The molecular weight excluding hydrogens is 200 g/mol. The van der Waals surface area contributed by atoms with E-state index < -0.39 is 11.4 Å². The summed E-state index contributed by atoms with van der Waals surface area (Å²) < 4.78 is 23.2. The van der Waals surface area contributed by atoms with Crippen molar-refractivity contribution in [2.45, 2.75) is 6.92 Å². The van der Waals surface area contributed by atoms with E-state index >= 15 is 0 Å². The molecule has 0 saturated heterocycles. The maximum Gasteiger partial charge on any atom is 0.357 e. The fraction of sp³-hybridized carbons (Fsp3) is 0.143. The second-order valence-electron chi connectivity index (χ2n) is 2.23. The fourth-order valence-electron chi connectivity index (χ4n) is 0.751. The van der Waals surface area contributed by atoms with Gasteiger partial charge < -0.3 is 4.18 Å². The lowest BCUT2D eigenvalue weighted by Gasteiger charge is -2.02. The Morgan fingerprint density at radius 2 is 2.25 bits per heavy atom. The number of halogens is 1. The molecule has 0 aliphatic carbocycles. The predicted molar refractivity (Wildman–Crippen MR) is 47.6 cm³/mol. The third-order valence-electron chi connectivity index (χ3n) is 1.25. The van der Waals surface area contributed by atoms with Gasteiger partial charge in [-0.25, -0.2) is 0 Å². The fourth-order valence-corrected chi connectivity index (χ4v) is 1.24. The molecule has 0 aromatic heterocycles. The van der Waals surface area contributed by atoms with Gasteiger partial charge in [0.05, 0.1) is 5.02 Å². The lowest BCUT2D eigenvalue weighted by Crippen LogP contribution is -1.97. The molecule has 1 aromatic carbocycles. The maximum absolute atomic E-state index is 10.3. The van der Waals surface area contributed by atoms with Crippen molar-refractivity contribution < 1.29 is 12.9 Å². The van der Waals surface area contributed by atoms with E-state index in [1.807, 2.05) is 6.92 Å². The number of hydrogen-bond donors (Lipinski definition) is 1. The Balaban J connectivity index is 2.97. The normalized spacial score (nSPS) is 12.6. The third-order valence-corrected chi connectivity index (χ3v) is 1.88. The Labute approximate surface area is 77.8 Å². The lowest BCUT2D eigenvalue weighted by atomic mass is 10.2. The molecule has 0 heterocycles. The van der Waals surface area contributed by atoms with Crippen molar-refractivity contribution in [3.05, 3.63) is 28.8 Å². The molecule has 0 spiro atoms. The van der Waals surface area contributed by atoms with Gasteiger partial charge in [0.25, 0.3) is 0 Å². The summed E-state index contributed by atoms with van der Waals surface area (Å²) >= 11 is 3.35. The van der Waals surface area contributed by atoms with Gasteiger partial charge in [0.1, 0.15) is 0 Å². The van der Waals surface area contributed by atoms with Crippen LogP contribution in [0.4, 0.5) is 0 Å². The summed E-state index contributed by atoms with van der Waals surface area (Å²) in [6, 6.07) is 4.99. The molecule has 1 aromatic rings. The summed E-state index contributed by atoms with van der Waals surface area (Å²) in [6.45, 7) is 1.84. The number of hydrogen-bond acceptors (Lipinski definition) is 2. The minimum absolute atomic E-state index is 0.220. The Bertz CT molecular complexity index is 314. The molecule has 0 amide bonds. The van der Waals surface area contributed by atoms with Crippen LogP contribution in [0.1, 0.15) is 5.56 Å². The molecule has 1 N–H and O–H groups in total. The molecule has 0 bridgehead atoms. The summed E-state index contributed by atoms with van der Waals surface area (Å²) in [7, 11) is 0.